The SMILES string of the molecule is N/C(CCN(Cc1cccnc1)C1CC1)=N/O. The summed E-state index contributed by atoms with van der Waals surface area (Å²) in [4.78, 5) is 6.48. The van der Waals surface area contributed by atoms with Gasteiger partial charge in [-0.15, -0.1) is 0 Å². The van der Waals surface area contributed by atoms with E-state index in [2.05, 4.69) is 21.1 Å². The van der Waals surface area contributed by atoms with Crippen LogP contribution >= 0.6 is 0 Å². The van der Waals surface area contributed by atoms with Crippen molar-refractivity contribution in [3.63, 3.8) is 0 Å². The molecule has 1 aliphatic carbocycles. The molecule has 0 unspecified atom stereocenters. The standard InChI is InChI=1S/C12H18N4O/c13-12(15-17)5-7-16(11-3-4-11)9-10-2-1-6-14-8-10/h1-2,6,8,11,17H,3-5,7,9H2,(H2,13,15). The number of oxime groups is 1. The summed E-state index contributed by atoms with van der Waals surface area (Å²) in [6.45, 7) is 1.71. The maximum atomic E-state index is 8.53. The molecule has 3 N–H and O–H groups in total. The lowest BCUT2D eigenvalue weighted by atomic mass is 10.2. The van der Waals surface area contributed by atoms with Crippen LogP contribution in [0.1, 0.15) is 24.8 Å². The van der Waals surface area contributed by atoms with E-state index in [-0.39, 0.29) is 0 Å². The Morgan fingerprint density at radius 2 is 2.41 bits per heavy atom. The van der Waals surface area contributed by atoms with E-state index in [4.69, 9.17) is 10.9 Å². The van der Waals surface area contributed by atoms with Crippen LogP contribution in [0.5, 0.6) is 0 Å². The fraction of sp³-hybridized carbons (Fsp3) is 0.500. The van der Waals surface area contributed by atoms with Gasteiger partial charge in [-0.05, 0) is 24.5 Å². The zero-order valence-electron chi connectivity index (χ0n) is 9.79. The van der Waals surface area contributed by atoms with Gasteiger partial charge in [0.15, 0.2) is 0 Å². The van der Waals surface area contributed by atoms with Crippen molar-refractivity contribution in [1.82, 2.24) is 9.88 Å². The Bertz CT molecular complexity index is 375. The highest BCUT2D eigenvalue weighted by atomic mass is 16.4. The van der Waals surface area contributed by atoms with Crippen LogP contribution in [0.25, 0.3) is 0 Å². The van der Waals surface area contributed by atoms with Crippen LogP contribution in [0, 0.1) is 0 Å². The van der Waals surface area contributed by atoms with Gasteiger partial charge in [-0.2, -0.15) is 0 Å². The van der Waals surface area contributed by atoms with Crippen molar-refractivity contribution < 1.29 is 5.21 Å². The molecule has 5 heteroatoms. The van der Waals surface area contributed by atoms with Gasteiger partial charge in [-0.3, -0.25) is 9.88 Å². The molecule has 1 aromatic heterocycles. The van der Waals surface area contributed by atoms with Crippen LogP contribution in [0.3, 0.4) is 0 Å². The van der Waals surface area contributed by atoms with Gasteiger partial charge in [0.25, 0.3) is 0 Å². The Kier molecular flexibility index (Phi) is 3.93. The van der Waals surface area contributed by atoms with E-state index in [1.807, 2.05) is 12.3 Å². The second-order valence-corrected chi connectivity index (χ2v) is 4.40. The lowest BCUT2D eigenvalue weighted by Gasteiger charge is -2.21. The summed E-state index contributed by atoms with van der Waals surface area (Å²) >= 11 is 0. The zero-order chi connectivity index (χ0) is 12.1. The Labute approximate surface area is 101 Å². The molecular formula is C12H18N4O. The Morgan fingerprint density at radius 3 is 3.00 bits per heavy atom. The minimum absolute atomic E-state index is 0.293. The van der Waals surface area contributed by atoms with Crippen molar-refractivity contribution in [1.29, 1.82) is 0 Å². The third-order valence-corrected chi connectivity index (χ3v) is 2.96. The summed E-state index contributed by atoms with van der Waals surface area (Å²) in [5.74, 6) is 0.293. The van der Waals surface area contributed by atoms with Crippen LogP contribution in [-0.4, -0.2) is 33.5 Å². The van der Waals surface area contributed by atoms with Crippen LogP contribution < -0.4 is 5.73 Å². The van der Waals surface area contributed by atoms with Gasteiger partial charge < -0.3 is 10.9 Å². The number of aromatic nitrogens is 1. The van der Waals surface area contributed by atoms with E-state index in [0.29, 0.717) is 18.3 Å². The molecule has 0 atom stereocenters. The first-order chi connectivity index (χ1) is 8.29. The molecule has 0 aliphatic heterocycles. The first-order valence-electron chi connectivity index (χ1n) is 5.89. The van der Waals surface area contributed by atoms with E-state index in [0.717, 1.165) is 13.1 Å². The van der Waals surface area contributed by atoms with Crippen molar-refractivity contribution in [3.8, 4) is 0 Å². The zero-order valence-corrected chi connectivity index (χ0v) is 9.79. The van der Waals surface area contributed by atoms with Crippen LogP contribution in [0.4, 0.5) is 0 Å². The summed E-state index contributed by atoms with van der Waals surface area (Å²) in [6.07, 6.45) is 6.76. The predicted octanol–water partition coefficient (Wildman–Crippen LogP) is 1.18. The summed E-state index contributed by atoms with van der Waals surface area (Å²) in [7, 11) is 0. The molecule has 0 aromatic carbocycles. The molecule has 1 heterocycles. The monoisotopic (exact) mass is 234 g/mol. The van der Waals surface area contributed by atoms with Gasteiger partial charge in [-0.25, -0.2) is 0 Å². The van der Waals surface area contributed by atoms with Crippen molar-refractivity contribution in [3.05, 3.63) is 30.1 Å². The predicted molar refractivity (Wildman–Crippen MR) is 65.7 cm³/mol. The maximum absolute atomic E-state index is 8.53. The Hall–Kier alpha value is -1.62. The maximum Gasteiger partial charge on any atom is 0.140 e. The topological polar surface area (TPSA) is 74.7 Å². The van der Waals surface area contributed by atoms with Gasteiger partial charge >= 0.3 is 0 Å². The average Bonchev–Trinajstić information content (AvgIpc) is 3.19. The van der Waals surface area contributed by atoms with Gasteiger partial charge in [0, 0.05) is 37.9 Å². The number of rotatable bonds is 6. The molecule has 0 bridgehead atoms. The quantitative estimate of drug-likeness (QED) is 0.335. The van der Waals surface area contributed by atoms with Gasteiger partial charge in [-0.1, -0.05) is 11.2 Å². The number of nitrogens with zero attached hydrogens (tertiary/aromatic N) is 3. The largest absolute Gasteiger partial charge is 0.409 e. The molecule has 0 saturated heterocycles. The van der Waals surface area contributed by atoms with E-state index in [1.165, 1.54) is 18.4 Å². The smallest absolute Gasteiger partial charge is 0.140 e. The van der Waals surface area contributed by atoms with Crippen molar-refractivity contribution >= 4 is 5.84 Å². The highest BCUT2D eigenvalue weighted by Crippen LogP contribution is 2.28. The summed E-state index contributed by atoms with van der Waals surface area (Å²) < 4.78 is 0. The minimum Gasteiger partial charge on any atom is -0.409 e. The lowest BCUT2D eigenvalue weighted by molar-refractivity contribution is 0.259. The lowest BCUT2D eigenvalue weighted by Crippen LogP contribution is -2.29. The molecule has 92 valence electrons. The molecule has 1 aromatic rings. The second kappa shape index (κ2) is 5.63. The van der Waals surface area contributed by atoms with Crippen molar-refractivity contribution in [2.24, 2.45) is 10.9 Å². The summed E-state index contributed by atoms with van der Waals surface area (Å²) in [5, 5.41) is 11.5. The van der Waals surface area contributed by atoms with E-state index in [1.54, 1.807) is 6.20 Å². The molecule has 0 radical (unpaired) electrons. The second-order valence-electron chi connectivity index (χ2n) is 4.40. The number of amidine groups is 1. The van der Waals surface area contributed by atoms with Crippen LogP contribution in [-0.2, 0) is 6.54 Å². The molecule has 5 nitrogen and oxygen atoms in total. The average molecular weight is 234 g/mol. The summed E-state index contributed by atoms with van der Waals surface area (Å²) in [5.41, 5.74) is 6.70. The third kappa shape index (κ3) is 3.71. The number of pyridine rings is 1. The number of hydrogen-bond donors (Lipinski definition) is 2. The van der Waals surface area contributed by atoms with Crippen molar-refractivity contribution in [2.45, 2.75) is 31.8 Å². The fourth-order valence-electron chi connectivity index (χ4n) is 1.86. The van der Waals surface area contributed by atoms with E-state index >= 15 is 0 Å². The molecule has 1 aliphatic rings. The molecule has 1 fully saturated rings. The van der Waals surface area contributed by atoms with Crippen molar-refractivity contribution in [2.75, 3.05) is 6.54 Å². The molecule has 0 amide bonds. The van der Waals surface area contributed by atoms with Crippen LogP contribution in [0.2, 0.25) is 0 Å². The van der Waals surface area contributed by atoms with Crippen LogP contribution in [0.15, 0.2) is 29.7 Å². The Morgan fingerprint density at radius 1 is 1.59 bits per heavy atom. The van der Waals surface area contributed by atoms with Gasteiger partial charge in [0.2, 0.25) is 0 Å². The van der Waals surface area contributed by atoms with E-state index < -0.39 is 0 Å². The molecule has 17 heavy (non-hydrogen) atoms. The minimum atomic E-state index is 0.293. The fourth-order valence-corrected chi connectivity index (χ4v) is 1.86. The van der Waals surface area contributed by atoms with Gasteiger partial charge in [0.05, 0.1) is 0 Å². The van der Waals surface area contributed by atoms with E-state index in [9.17, 15) is 0 Å². The number of hydrogen-bond acceptors (Lipinski definition) is 4. The highest BCUT2D eigenvalue weighted by Gasteiger charge is 2.28. The number of nitrogens with two attached hydrogens (primary N) is 1. The molecular weight excluding hydrogens is 216 g/mol. The normalized spacial score (nSPS) is 16.4. The van der Waals surface area contributed by atoms with Gasteiger partial charge in [0.1, 0.15) is 5.84 Å². The molecule has 2 rings (SSSR count). The summed E-state index contributed by atoms with van der Waals surface area (Å²) in [6, 6.07) is 4.68. The Balaban J connectivity index is 1.89. The third-order valence-electron chi connectivity index (χ3n) is 2.96. The molecule has 1 saturated carbocycles. The first-order valence-corrected chi connectivity index (χ1v) is 5.89. The first kappa shape index (κ1) is 11.9. The highest BCUT2D eigenvalue weighted by molar-refractivity contribution is 5.79. The molecule has 0 spiro atoms.